The van der Waals surface area contributed by atoms with Gasteiger partial charge >= 0.3 is 12.1 Å². The van der Waals surface area contributed by atoms with Crippen molar-refractivity contribution in [3.05, 3.63) is 77.5 Å². The van der Waals surface area contributed by atoms with Gasteiger partial charge in [-0.2, -0.15) is 13.2 Å². The summed E-state index contributed by atoms with van der Waals surface area (Å²) in [5, 5.41) is 10.5. The summed E-state index contributed by atoms with van der Waals surface area (Å²) in [6, 6.07) is 12.3. The predicted molar refractivity (Wildman–Crippen MR) is 139 cm³/mol. The second-order valence-electron chi connectivity index (χ2n) is 8.49. The first kappa shape index (κ1) is 31.3. The minimum Gasteiger partial charge on any atom is -0.475 e. The maximum absolute atomic E-state index is 12.9. The highest BCUT2D eigenvalue weighted by Gasteiger charge is 2.38. The summed E-state index contributed by atoms with van der Waals surface area (Å²) in [6.07, 6.45) is 1.08. The fraction of sp³-hybridized carbons (Fsp3) is 0.370. The van der Waals surface area contributed by atoms with Crippen molar-refractivity contribution >= 4 is 11.9 Å². The van der Waals surface area contributed by atoms with Crippen LogP contribution in [-0.4, -0.2) is 69.8 Å². The Kier molecular flexibility index (Phi) is 12.4. The number of aryl methyl sites for hydroxylation is 1. The normalized spacial score (nSPS) is 10.9. The molecule has 0 aliphatic carbocycles. The van der Waals surface area contributed by atoms with Crippen LogP contribution in [-0.2, 0) is 22.6 Å². The van der Waals surface area contributed by atoms with Crippen molar-refractivity contribution in [2.45, 2.75) is 39.5 Å². The highest BCUT2D eigenvalue weighted by atomic mass is 19.4. The fourth-order valence-corrected chi connectivity index (χ4v) is 3.23. The summed E-state index contributed by atoms with van der Waals surface area (Å²) in [6.45, 7) is 7.22. The quantitative estimate of drug-likeness (QED) is 0.342. The lowest BCUT2D eigenvalue weighted by Crippen LogP contribution is -2.34. The number of nitrogens with zero attached hydrogens (tertiary/aromatic N) is 4. The maximum Gasteiger partial charge on any atom is 0.490 e. The number of nitrogens with one attached hydrogen (secondary N) is 1. The van der Waals surface area contributed by atoms with Crippen molar-refractivity contribution < 1.29 is 32.6 Å². The minimum absolute atomic E-state index is 0.160. The summed E-state index contributed by atoms with van der Waals surface area (Å²) in [4.78, 5) is 36.6. The number of benzene rings is 1. The summed E-state index contributed by atoms with van der Waals surface area (Å²) in [7, 11) is 1.63. The first-order chi connectivity index (χ1) is 18.5. The number of carbonyl (C=O) groups is 2. The molecular formula is C27H32F3N5O4. The first-order valence-electron chi connectivity index (χ1n) is 12.2. The van der Waals surface area contributed by atoms with Gasteiger partial charge in [0.05, 0.1) is 24.2 Å². The molecule has 0 aliphatic heterocycles. The second kappa shape index (κ2) is 15.5. The molecule has 1 amide bonds. The lowest BCUT2D eigenvalue weighted by molar-refractivity contribution is -0.192. The molecule has 0 atom stereocenters. The number of hydrogen-bond donors (Lipinski definition) is 2. The van der Waals surface area contributed by atoms with Gasteiger partial charge in [0.1, 0.15) is 5.69 Å². The van der Waals surface area contributed by atoms with Crippen LogP contribution >= 0.6 is 0 Å². The zero-order chi connectivity index (χ0) is 28.8. The molecule has 0 bridgehead atoms. The SMILES string of the molecule is CCCNCc1ccc(-c2ccc(CN(CCOC)C(=O)c3cnc(C)cn3)cc2)nc1.O=C(O)C(F)(F)F. The van der Waals surface area contributed by atoms with Crippen molar-refractivity contribution in [1.29, 1.82) is 0 Å². The number of halogens is 3. The number of amides is 1. The number of ether oxygens (including phenoxy) is 1. The standard InChI is InChI=1S/C25H31N5O2.C2HF3O2/c1-4-11-26-15-21-7-10-23(29-16-21)22-8-5-20(6-9-22)18-30(12-13-32-3)25(31)24-17-27-19(2)14-28-24;3-2(4,5)1(6)7/h5-10,14,16-17,26H,4,11-13,15,18H2,1-3H3;(H,6,7). The average molecular weight is 548 g/mol. The molecule has 0 aliphatic rings. The van der Waals surface area contributed by atoms with Gasteiger partial charge in [0.2, 0.25) is 0 Å². The number of carbonyl (C=O) groups excluding carboxylic acids is 1. The number of carboxylic acids is 1. The van der Waals surface area contributed by atoms with E-state index in [4.69, 9.17) is 14.6 Å². The van der Waals surface area contributed by atoms with Crippen LogP contribution in [0.2, 0.25) is 0 Å². The Labute approximate surface area is 225 Å². The van der Waals surface area contributed by atoms with Gasteiger partial charge in [-0.15, -0.1) is 0 Å². The molecule has 39 heavy (non-hydrogen) atoms. The Balaban J connectivity index is 0.000000673. The number of alkyl halides is 3. The van der Waals surface area contributed by atoms with Crippen LogP contribution in [0.4, 0.5) is 13.2 Å². The van der Waals surface area contributed by atoms with Crippen LogP contribution in [0.5, 0.6) is 0 Å². The van der Waals surface area contributed by atoms with Crippen molar-refractivity contribution in [3.8, 4) is 11.3 Å². The van der Waals surface area contributed by atoms with Crippen LogP contribution in [0.1, 0.15) is 40.7 Å². The van der Waals surface area contributed by atoms with Gasteiger partial charge in [-0.3, -0.25) is 14.8 Å². The van der Waals surface area contributed by atoms with Crippen molar-refractivity contribution in [3.63, 3.8) is 0 Å². The Morgan fingerprint density at radius 1 is 1.00 bits per heavy atom. The van der Waals surface area contributed by atoms with Gasteiger partial charge in [0.15, 0.2) is 0 Å². The number of carboxylic acid groups (broad SMARTS) is 1. The van der Waals surface area contributed by atoms with Crippen molar-refractivity contribution in [1.82, 2.24) is 25.2 Å². The van der Waals surface area contributed by atoms with Crippen molar-refractivity contribution in [2.75, 3.05) is 26.8 Å². The van der Waals surface area contributed by atoms with Crippen molar-refractivity contribution in [2.24, 2.45) is 0 Å². The summed E-state index contributed by atoms with van der Waals surface area (Å²) in [5.74, 6) is -2.92. The molecule has 2 heterocycles. The summed E-state index contributed by atoms with van der Waals surface area (Å²) < 4.78 is 36.9. The minimum atomic E-state index is -5.08. The summed E-state index contributed by atoms with van der Waals surface area (Å²) >= 11 is 0. The van der Waals surface area contributed by atoms with Crippen LogP contribution in [0.25, 0.3) is 11.3 Å². The highest BCUT2D eigenvalue weighted by Crippen LogP contribution is 2.19. The Bertz CT molecular complexity index is 1170. The molecule has 0 unspecified atom stereocenters. The molecule has 210 valence electrons. The molecule has 0 fully saturated rings. The third-order valence-corrected chi connectivity index (χ3v) is 5.30. The maximum atomic E-state index is 12.9. The number of rotatable bonds is 11. The van der Waals surface area contributed by atoms with Gasteiger partial charge in [-0.1, -0.05) is 37.3 Å². The van der Waals surface area contributed by atoms with Crippen LogP contribution < -0.4 is 5.32 Å². The molecule has 9 nitrogen and oxygen atoms in total. The summed E-state index contributed by atoms with van der Waals surface area (Å²) in [5.41, 5.74) is 5.28. The Hall–Kier alpha value is -3.90. The number of pyridine rings is 1. The van der Waals surface area contributed by atoms with Gasteiger partial charge in [0, 0.05) is 44.7 Å². The molecule has 0 saturated heterocycles. The van der Waals surface area contributed by atoms with E-state index in [1.807, 2.05) is 43.5 Å². The molecular weight excluding hydrogens is 515 g/mol. The molecule has 2 N–H and O–H groups in total. The highest BCUT2D eigenvalue weighted by molar-refractivity contribution is 5.92. The van der Waals surface area contributed by atoms with Gasteiger partial charge in [-0.25, -0.2) is 9.78 Å². The molecule has 2 aromatic heterocycles. The molecule has 0 saturated carbocycles. The van der Waals surface area contributed by atoms with E-state index in [-0.39, 0.29) is 5.91 Å². The molecule has 0 spiro atoms. The lowest BCUT2D eigenvalue weighted by atomic mass is 10.1. The van der Waals surface area contributed by atoms with E-state index in [0.29, 0.717) is 25.4 Å². The molecule has 3 rings (SSSR count). The van der Waals surface area contributed by atoms with E-state index < -0.39 is 12.1 Å². The molecule has 3 aromatic rings. The Morgan fingerprint density at radius 3 is 2.18 bits per heavy atom. The molecule has 12 heteroatoms. The third kappa shape index (κ3) is 10.8. The van der Waals surface area contributed by atoms with Gasteiger partial charge in [-0.05, 0) is 37.1 Å². The zero-order valence-corrected chi connectivity index (χ0v) is 22.0. The number of hydrogen-bond acceptors (Lipinski definition) is 7. The van der Waals surface area contributed by atoms with E-state index in [1.165, 1.54) is 11.8 Å². The fourth-order valence-electron chi connectivity index (χ4n) is 3.23. The van der Waals surface area contributed by atoms with Gasteiger partial charge < -0.3 is 20.1 Å². The van der Waals surface area contributed by atoms with Crippen LogP contribution in [0.15, 0.2) is 55.0 Å². The van der Waals surface area contributed by atoms with E-state index >= 15 is 0 Å². The third-order valence-electron chi connectivity index (χ3n) is 5.30. The van der Waals surface area contributed by atoms with E-state index in [1.54, 1.807) is 18.2 Å². The van der Waals surface area contributed by atoms with Crippen LogP contribution in [0.3, 0.4) is 0 Å². The number of aromatic nitrogens is 3. The molecule has 1 aromatic carbocycles. The van der Waals surface area contributed by atoms with Crippen LogP contribution in [0, 0.1) is 6.92 Å². The van der Waals surface area contributed by atoms with E-state index in [2.05, 4.69) is 33.3 Å². The van der Waals surface area contributed by atoms with E-state index in [9.17, 15) is 18.0 Å². The number of methoxy groups -OCH3 is 1. The predicted octanol–water partition coefficient (Wildman–Crippen LogP) is 4.27. The van der Waals surface area contributed by atoms with Gasteiger partial charge in [0.25, 0.3) is 5.91 Å². The molecule has 0 radical (unpaired) electrons. The lowest BCUT2D eigenvalue weighted by Gasteiger charge is -2.22. The monoisotopic (exact) mass is 547 g/mol. The second-order valence-corrected chi connectivity index (χ2v) is 8.49. The smallest absolute Gasteiger partial charge is 0.475 e. The van der Waals surface area contributed by atoms with E-state index in [0.717, 1.165) is 42.0 Å². The Morgan fingerprint density at radius 2 is 1.67 bits per heavy atom. The first-order valence-corrected chi connectivity index (χ1v) is 12.2. The largest absolute Gasteiger partial charge is 0.490 e. The average Bonchev–Trinajstić information content (AvgIpc) is 2.92. The number of aliphatic carboxylic acids is 1. The topological polar surface area (TPSA) is 118 Å². The zero-order valence-electron chi connectivity index (χ0n) is 22.0.